The highest BCUT2D eigenvalue weighted by atomic mass is 32.1. The van der Waals surface area contributed by atoms with E-state index in [9.17, 15) is 9.59 Å². The number of ether oxygens (including phenoxy) is 1. The SMILES string of the molecule is COCC(C(=O)O)n1sc2ccccc2c1=O. The Morgan fingerprint density at radius 2 is 2.24 bits per heavy atom. The molecule has 0 bridgehead atoms. The van der Waals surface area contributed by atoms with Crippen molar-refractivity contribution < 1.29 is 14.6 Å². The van der Waals surface area contributed by atoms with Crippen molar-refractivity contribution in [2.45, 2.75) is 6.04 Å². The number of carboxylic acids is 1. The van der Waals surface area contributed by atoms with Crippen LogP contribution in [0.4, 0.5) is 0 Å². The number of rotatable bonds is 4. The molecule has 0 aliphatic heterocycles. The van der Waals surface area contributed by atoms with Crippen molar-refractivity contribution in [3.63, 3.8) is 0 Å². The predicted octanol–water partition coefficient (Wildman–Crippen LogP) is 1.34. The van der Waals surface area contributed by atoms with Gasteiger partial charge < -0.3 is 9.84 Å². The first-order chi connectivity index (χ1) is 8.15. The second-order valence-electron chi connectivity index (χ2n) is 3.53. The molecule has 0 aliphatic rings. The Balaban J connectivity index is 2.57. The van der Waals surface area contributed by atoms with Gasteiger partial charge >= 0.3 is 5.97 Å². The molecule has 6 heteroatoms. The molecule has 0 saturated heterocycles. The third-order valence-electron chi connectivity index (χ3n) is 2.41. The van der Waals surface area contributed by atoms with Gasteiger partial charge in [0.2, 0.25) is 0 Å². The molecule has 2 aromatic rings. The normalized spacial score (nSPS) is 12.8. The van der Waals surface area contributed by atoms with Crippen LogP contribution >= 0.6 is 11.5 Å². The molecule has 0 amide bonds. The second-order valence-corrected chi connectivity index (χ2v) is 4.54. The molecule has 1 N–H and O–H groups in total. The van der Waals surface area contributed by atoms with Crippen LogP contribution in [-0.2, 0) is 9.53 Å². The minimum atomic E-state index is -1.07. The average molecular weight is 253 g/mol. The van der Waals surface area contributed by atoms with Gasteiger partial charge in [-0.25, -0.2) is 8.75 Å². The molecule has 90 valence electrons. The van der Waals surface area contributed by atoms with Crippen LogP contribution in [0.15, 0.2) is 29.1 Å². The van der Waals surface area contributed by atoms with Gasteiger partial charge in [-0.1, -0.05) is 23.7 Å². The summed E-state index contributed by atoms with van der Waals surface area (Å²) in [5, 5.41) is 9.62. The van der Waals surface area contributed by atoms with E-state index in [0.29, 0.717) is 5.39 Å². The van der Waals surface area contributed by atoms with E-state index in [0.717, 1.165) is 16.2 Å². The lowest BCUT2D eigenvalue weighted by Crippen LogP contribution is -2.28. The quantitative estimate of drug-likeness (QED) is 0.892. The third kappa shape index (κ3) is 2.09. The molecule has 1 atom stereocenters. The van der Waals surface area contributed by atoms with Gasteiger partial charge in [0.1, 0.15) is 0 Å². The van der Waals surface area contributed by atoms with E-state index < -0.39 is 12.0 Å². The number of methoxy groups -OCH3 is 1. The van der Waals surface area contributed by atoms with Gasteiger partial charge in [0.05, 0.1) is 16.7 Å². The second kappa shape index (κ2) is 4.68. The summed E-state index contributed by atoms with van der Waals surface area (Å²) < 4.78 is 6.86. The summed E-state index contributed by atoms with van der Waals surface area (Å²) in [5.41, 5.74) is -0.282. The zero-order chi connectivity index (χ0) is 12.4. The molecule has 1 aromatic heterocycles. The van der Waals surface area contributed by atoms with E-state index in [2.05, 4.69) is 0 Å². The van der Waals surface area contributed by atoms with E-state index in [1.807, 2.05) is 6.07 Å². The van der Waals surface area contributed by atoms with Crippen molar-refractivity contribution in [2.75, 3.05) is 13.7 Å². The molecule has 2 rings (SSSR count). The van der Waals surface area contributed by atoms with Crippen LogP contribution in [0.25, 0.3) is 10.1 Å². The Labute approximate surface area is 101 Å². The first kappa shape index (κ1) is 11.8. The molecular weight excluding hydrogens is 242 g/mol. The number of hydrogen-bond donors (Lipinski definition) is 1. The minimum absolute atomic E-state index is 0.0257. The van der Waals surface area contributed by atoms with Crippen molar-refractivity contribution in [3.8, 4) is 0 Å². The Morgan fingerprint density at radius 3 is 2.82 bits per heavy atom. The van der Waals surface area contributed by atoms with Gasteiger partial charge in [-0.15, -0.1) is 0 Å². The minimum Gasteiger partial charge on any atom is -0.480 e. The third-order valence-corrected chi connectivity index (χ3v) is 3.58. The lowest BCUT2D eigenvalue weighted by Gasteiger charge is -2.10. The largest absolute Gasteiger partial charge is 0.480 e. The molecular formula is C11H11NO4S. The number of carboxylic acid groups (broad SMARTS) is 1. The molecule has 17 heavy (non-hydrogen) atoms. The van der Waals surface area contributed by atoms with Crippen molar-refractivity contribution in [3.05, 3.63) is 34.6 Å². The fraction of sp³-hybridized carbons (Fsp3) is 0.273. The summed E-state index contributed by atoms with van der Waals surface area (Å²) in [6.07, 6.45) is 0. The zero-order valence-corrected chi connectivity index (χ0v) is 9.94. The Morgan fingerprint density at radius 1 is 1.53 bits per heavy atom. The number of aliphatic carboxylic acids is 1. The van der Waals surface area contributed by atoms with E-state index in [-0.39, 0.29) is 12.2 Å². The number of fused-ring (bicyclic) bond motifs is 1. The Bertz CT molecular complexity index is 601. The van der Waals surface area contributed by atoms with Crippen LogP contribution in [-0.4, -0.2) is 28.7 Å². The van der Waals surface area contributed by atoms with Gasteiger partial charge in [0, 0.05) is 7.11 Å². The maximum absolute atomic E-state index is 12.0. The number of benzene rings is 1. The predicted molar refractivity (Wildman–Crippen MR) is 64.6 cm³/mol. The summed E-state index contributed by atoms with van der Waals surface area (Å²) >= 11 is 1.14. The van der Waals surface area contributed by atoms with Crippen molar-refractivity contribution in [2.24, 2.45) is 0 Å². The summed E-state index contributed by atoms with van der Waals surface area (Å²) in [6.45, 7) is -0.0257. The number of nitrogens with zero attached hydrogens (tertiary/aromatic N) is 1. The van der Waals surface area contributed by atoms with Crippen LogP contribution in [0.1, 0.15) is 6.04 Å². The lowest BCUT2D eigenvalue weighted by molar-refractivity contribution is -0.142. The van der Waals surface area contributed by atoms with E-state index in [4.69, 9.17) is 9.84 Å². The average Bonchev–Trinajstić information content (AvgIpc) is 2.64. The molecule has 5 nitrogen and oxygen atoms in total. The molecule has 1 unspecified atom stereocenters. The van der Waals surface area contributed by atoms with Crippen LogP contribution in [0.3, 0.4) is 0 Å². The Hall–Kier alpha value is -1.66. The van der Waals surface area contributed by atoms with E-state index >= 15 is 0 Å². The number of hydrogen-bond acceptors (Lipinski definition) is 4. The van der Waals surface area contributed by atoms with Crippen LogP contribution in [0, 0.1) is 0 Å². The van der Waals surface area contributed by atoms with Crippen molar-refractivity contribution >= 4 is 27.6 Å². The van der Waals surface area contributed by atoms with Gasteiger partial charge in [0.15, 0.2) is 6.04 Å². The van der Waals surface area contributed by atoms with Crippen LogP contribution in [0.5, 0.6) is 0 Å². The molecule has 0 spiro atoms. The first-order valence-corrected chi connectivity index (χ1v) is 5.74. The monoisotopic (exact) mass is 253 g/mol. The standard InChI is InChI=1S/C11H11NO4S/c1-16-6-8(11(14)15)12-10(13)7-4-2-3-5-9(7)17-12/h2-5,8H,6H2,1H3,(H,14,15). The molecule has 1 heterocycles. The van der Waals surface area contributed by atoms with Gasteiger partial charge in [-0.3, -0.25) is 4.79 Å². The fourth-order valence-corrected chi connectivity index (χ4v) is 2.66. The molecule has 0 radical (unpaired) electrons. The lowest BCUT2D eigenvalue weighted by atomic mass is 10.3. The molecule has 0 aliphatic carbocycles. The highest BCUT2D eigenvalue weighted by molar-refractivity contribution is 7.14. The maximum Gasteiger partial charge on any atom is 0.330 e. The summed E-state index contributed by atoms with van der Waals surface area (Å²) in [4.78, 5) is 23.1. The number of aromatic nitrogens is 1. The van der Waals surface area contributed by atoms with Crippen LogP contribution in [0.2, 0.25) is 0 Å². The summed E-state index contributed by atoms with van der Waals surface area (Å²) in [5.74, 6) is -1.07. The molecule has 1 aromatic carbocycles. The van der Waals surface area contributed by atoms with Gasteiger partial charge in [0.25, 0.3) is 5.56 Å². The Kier molecular flexibility index (Phi) is 3.26. The summed E-state index contributed by atoms with van der Waals surface area (Å²) in [7, 11) is 1.41. The highest BCUT2D eigenvalue weighted by Gasteiger charge is 2.23. The molecule has 0 fully saturated rings. The summed E-state index contributed by atoms with van der Waals surface area (Å²) in [6, 6.07) is 6.09. The van der Waals surface area contributed by atoms with Gasteiger partial charge in [-0.2, -0.15) is 0 Å². The smallest absolute Gasteiger partial charge is 0.330 e. The fourth-order valence-electron chi connectivity index (χ4n) is 1.59. The zero-order valence-electron chi connectivity index (χ0n) is 9.12. The first-order valence-electron chi connectivity index (χ1n) is 4.97. The topological polar surface area (TPSA) is 68.5 Å². The van der Waals surface area contributed by atoms with Crippen molar-refractivity contribution in [1.29, 1.82) is 0 Å². The molecule has 0 saturated carbocycles. The number of carbonyl (C=O) groups is 1. The van der Waals surface area contributed by atoms with E-state index in [1.54, 1.807) is 18.2 Å². The van der Waals surface area contributed by atoms with E-state index in [1.165, 1.54) is 11.1 Å². The van der Waals surface area contributed by atoms with Crippen LogP contribution < -0.4 is 5.56 Å². The highest BCUT2D eigenvalue weighted by Crippen LogP contribution is 2.19. The van der Waals surface area contributed by atoms with Gasteiger partial charge in [-0.05, 0) is 12.1 Å². The maximum atomic E-state index is 12.0. The van der Waals surface area contributed by atoms with Crippen molar-refractivity contribution in [1.82, 2.24) is 3.96 Å².